The maximum absolute atomic E-state index is 14.8. The first kappa shape index (κ1) is 28.3. The Morgan fingerprint density at radius 2 is 1.92 bits per heavy atom. The molecule has 0 saturated carbocycles. The van der Waals surface area contributed by atoms with Crippen LogP contribution in [0.5, 0.6) is 5.75 Å². The van der Waals surface area contributed by atoms with E-state index in [9.17, 15) is 18.7 Å². The number of unbranched alkanes of at least 4 members (excludes halogenated alkanes) is 2. The monoisotopic (exact) mass is 529 g/mol. The fourth-order valence-corrected chi connectivity index (χ4v) is 5.93. The number of likely N-dealkylation sites (tertiary alicyclic amines) is 1. The van der Waals surface area contributed by atoms with Gasteiger partial charge in [-0.05, 0) is 99.7 Å². The first-order valence-corrected chi connectivity index (χ1v) is 14.0. The molecular weight excluding hydrogens is 488 g/mol. The molecule has 2 aliphatic rings. The van der Waals surface area contributed by atoms with Crippen molar-refractivity contribution in [2.24, 2.45) is 5.92 Å². The van der Waals surface area contributed by atoms with Crippen molar-refractivity contribution in [3.63, 3.8) is 0 Å². The number of nitrogens with one attached hydrogen (secondary N) is 1. The van der Waals surface area contributed by atoms with E-state index in [0.29, 0.717) is 12.8 Å². The fourth-order valence-electron chi connectivity index (χ4n) is 5.93. The van der Waals surface area contributed by atoms with Crippen molar-refractivity contribution in [3.05, 3.63) is 52.2 Å². The number of nitrogens with zero attached hydrogens (tertiary/aromatic N) is 2. The van der Waals surface area contributed by atoms with Crippen LogP contribution in [0.25, 0.3) is 0 Å². The van der Waals surface area contributed by atoms with Gasteiger partial charge >= 0.3 is 5.97 Å². The van der Waals surface area contributed by atoms with E-state index in [2.05, 4.69) is 22.3 Å². The molecule has 0 spiro atoms. The zero-order valence-electron chi connectivity index (χ0n) is 22.9. The van der Waals surface area contributed by atoms with Gasteiger partial charge < -0.3 is 20.1 Å². The highest BCUT2D eigenvalue weighted by Crippen LogP contribution is 2.41. The van der Waals surface area contributed by atoms with Crippen LogP contribution < -0.4 is 10.1 Å². The second-order valence-electron chi connectivity index (χ2n) is 11.0. The summed E-state index contributed by atoms with van der Waals surface area (Å²) >= 11 is 0. The number of carboxylic acids is 1. The highest BCUT2D eigenvalue weighted by molar-refractivity contribution is 5.78. The predicted octanol–water partition coefficient (Wildman–Crippen LogP) is 6.14. The van der Waals surface area contributed by atoms with Crippen molar-refractivity contribution in [1.29, 1.82) is 0 Å². The summed E-state index contributed by atoms with van der Waals surface area (Å²) in [6.45, 7) is 7.12. The Labute approximate surface area is 224 Å². The molecule has 1 atom stereocenters. The van der Waals surface area contributed by atoms with Gasteiger partial charge in [0.25, 0.3) is 0 Å². The highest BCUT2D eigenvalue weighted by Gasteiger charge is 2.36. The molecule has 6 nitrogen and oxygen atoms in total. The lowest BCUT2D eigenvalue weighted by atomic mass is 9.78. The number of ether oxygens (including phenoxy) is 1. The Hall–Kier alpha value is -2.74. The van der Waals surface area contributed by atoms with E-state index in [0.717, 1.165) is 69.8 Å². The molecule has 1 fully saturated rings. The Balaban J connectivity index is 1.28. The summed E-state index contributed by atoms with van der Waals surface area (Å²) in [6, 6.07) is 5.86. The van der Waals surface area contributed by atoms with Crippen molar-refractivity contribution in [1.82, 2.24) is 9.88 Å². The van der Waals surface area contributed by atoms with E-state index in [1.807, 2.05) is 0 Å². The minimum Gasteiger partial charge on any atom is -0.493 e. The van der Waals surface area contributed by atoms with E-state index in [1.54, 1.807) is 13.8 Å². The van der Waals surface area contributed by atoms with E-state index in [-0.39, 0.29) is 28.7 Å². The SMILES string of the molecule is COc1c([C@H](C(=O)O)C2CCN(CCCCCc3ccc4c(n3)NCCC4)CC2)cc(C(C)C)c(F)c1F. The molecule has 2 aromatic rings. The summed E-state index contributed by atoms with van der Waals surface area (Å²) in [5.74, 6) is -3.68. The van der Waals surface area contributed by atoms with E-state index in [1.165, 1.54) is 25.2 Å². The van der Waals surface area contributed by atoms with Crippen LogP contribution in [0.4, 0.5) is 14.6 Å². The first-order chi connectivity index (χ1) is 18.3. The molecule has 1 aromatic carbocycles. The number of fused-ring (bicyclic) bond motifs is 1. The lowest BCUT2D eigenvalue weighted by Crippen LogP contribution is -2.38. The number of benzene rings is 1. The van der Waals surface area contributed by atoms with Gasteiger partial charge in [0.2, 0.25) is 5.82 Å². The number of rotatable bonds is 11. The van der Waals surface area contributed by atoms with Crippen LogP contribution in [0.2, 0.25) is 0 Å². The van der Waals surface area contributed by atoms with Crippen molar-refractivity contribution in [2.75, 3.05) is 38.6 Å². The molecule has 1 aromatic heterocycles. The maximum Gasteiger partial charge on any atom is 0.311 e. The van der Waals surface area contributed by atoms with Gasteiger partial charge in [-0.15, -0.1) is 0 Å². The molecule has 0 amide bonds. The third-order valence-electron chi connectivity index (χ3n) is 8.11. The molecule has 208 valence electrons. The van der Waals surface area contributed by atoms with Crippen LogP contribution in [0.1, 0.15) is 86.6 Å². The second kappa shape index (κ2) is 12.9. The molecule has 1 saturated heterocycles. The van der Waals surface area contributed by atoms with Crippen molar-refractivity contribution >= 4 is 11.8 Å². The number of aryl methyl sites for hydroxylation is 2. The molecule has 2 aliphatic heterocycles. The van der Waals surface area contributed by atoms with Crippen LogP contribution in [0, 0.1) is 17.6 Å². The largest absolute Gasteiger partial charge is 0.493 e. The summed E-state index contributed by atoms with van der Waals surface area (Å²) in [7, 11) is 1.26. The molecule has 0 unspecified atom stereocenters. The van der Waals surface area contributed by atoms with Crippen molar-refractivity contribution in [2.45, 2.75) is 77.0 Å². The molecule has 0 aliphatic carbocycles. The van der Waals surface area contributed by atoms with E-state index < -0.39 is 23.5 Å². The standard InChI is InChI=1S/C30H41F2N3O3/c1-19(2)23-18-24(28(38-3)27(32)26(23)31)25(30(36)37)20-12-16-35(17-13-20)15-6-4-5-9-22-11-10-21-8-7-14-33-29(21)34-22/h10-11,18-20,25H,4-9,12-17H2,1-3H3,(H,33,34)(H,36,37)/t25-/m1/s1. The number of hydrogen-bond acceptors (Lipinski definition) is 5. The zero-order valence-corrected chi connectivity index (χ0v) is 22.9. The third kappa shape index (κ3) is 6.45. The molecule has 3 heterocycles. The lowest BCUT2D eigenvalue weighted by molar-refractivity contribution is -0.140. The summed E-state index contributed by atoms with van der Waals surface area (Å²) in [5, 5.41) is 13.5. The summed E-state index contributed by atoms with van der Waals surface area (Å²) in [5.41, 5.74) is 2.89. The minimum atomic E-state index is -1.10. The molecule has 0 bridgehead atoms. The van der Waals surface area contributed by atoms with Gasteiger partial charge in [-0.2, -0.15) is 4.39 Å². The second-order valence-corrected chi connectivity index (χ2v) is 11.0. The van der Waals surface area contributed by atoms with Gasteiger partial charge in [-0.1, -0.05) is 26.3 Å². The Kier molecular flexibility index (Phi) is 9.58. The Morgan fingerprint density at radius 1 is 1.16 bits per heavy atom. The first-order valence-electron chi connectivity index (χ1n) is 14.0. The topological polar surface area (TPSA) is 74.7 Å². The molecule has 4 rings (SSSR count). The number of carboxylic acid groups (broad SMARTS) is 1. The van der Waals surface area contributed by atoms with E-state index >= 15 is 0 Å². The highest BCUT2D eigenvalue weighted by atomic mass is 19.2. The smallest absolute Gasteiger partial charge is 0.311 e. The number of aliphatic carboxylic acids is 1. The van der Waals surface area contributed by atoms with Gasteiger partial charge in [0.1, 0.15) is 5.82 Å². The number of methoxy groups -OCH3 is 1. The summed E-state index contributed by atoms with van der Waals surface area (Å²) < 4.78 is 34.5. The minimum absolute atomic E-state index is 0.161. The molecule has 8 heteroatoms. The number of pyridine rings is 1. The molecule has 38 heavy (non-hydrogen) atoms. The quantitative estimate of drug-likeness (QED) is 0.341. The number of halogens is 2. The zero-order chi connectivity index (χ0) is 27.2. The van der Waals surface area contributed by atoms with E-state index in [4.69, 9.17) is 9.72 Å². The number of hydrogen-bond donors (Lipinski definition) is 2. The number of carbonyl (C=O) groups is 1. The molecular formula is C30H41F2N3O3. The van der Waals surface area contributed by atoms with Crippen molar-refractivity contribution < 1.29 is 23.4 Å². The van der Waals surface area contributed by atoms with Crippen LogP contribution in [-0.4, -0.2) is 54.2 Å². The van der Waals surface area contributed by atoms with Crippen LogP contribution in [0.15, 0.2) is 18.2 Å². The number of anilines is 1. The number of aromatic nitrogens is 1. The van der Waals surface area contributed by atoms with Crippen LogP contribution in [-0.2, 0) is 17.6 Å². The van der Waals surface area contributed by atoms with Gasteiger partial charge in [-0.3, -0.25) is 4.79 Å². The summed E-state index contributed by atoms with van der Waals surface area (Å²) in [4.78, 5) is 19.5. The third-order valence-corrected chi connectivity index (χ3v) is 8.11. The maximum atomic E-state index is 14.8. The lowest BCUT2D eigenvalue weighted by Gasteiger charge is -2.35. The molecule has 2 N–H and O–H groups in total. The van der Waals surface area contributed by atoms with Gasteiger partial charge in [0.05, 0.1) is 13.0 Å². The normalized spacial score (nSPS) is 17.2. The predicted molar refractivity (Wildman–Crippen MR) is 145 cm³/mol. The Morgan fingerprint density at radius 3 is 2.61 bits per heavy atom. The average Bonchev–Trinajstić information content (AvgIpc) is 2.91. The van der Waals surface area contributed by atoms with Gasteiger partial charge in [0.15, 0.2) is 11.6 Å². The van der Waals surface area contributed by atoms with Crippen LogP contribution in [0.3, 0.4) is 0 Å². The van der Waals surface area contributed by atoms with Crippen molar-refractivity contribution in [3.8, 4) is 5.75 Å². The fraction of sp³-hybridized carbons (Fsp3) is 0.600. The Bertz CT molecular complexity index is 1120. The van der Waals surface area contributed by atoms with Gasteiger partial charge in [-0.25, -0.2) is 9.37 Å². The summed E-state index contributed by atoms with van der Waals surface area (Å²) in [6.07, 6.45) is 7.94. The number of piperidine rings is 1. The average molecular weight is 530 g/mol. The molecule has 0 radical (unpaired) electrons. The van der Waals surface area contributed by atoms with Crippen LogP contribution >= 0.6 is 0 Å². The van der Waals surface area contributed by atoms with Gasteiger partial charge in [0, 0.05) is 17.8 Å².